The normalized spacial score (nSPS) is 10.2. The molecule has 1 aromatic carbocycles. The quantitative estimate of drug-likeness (QED) is 0.867. The molecule has 0 spiro atoms. The van der Waals surface area contributed by atoms with Crippen LogP contribution in [-0.4, -0.2) is 22.6 Å². The molecular formula is C14H15N3O4. The third-order valence-corrected chi connectivity index (χ3v) is 3.03. The number of methoxy groups -OCH3 is 1. The largest absolute Gasteiger partial charge is 0.495 e. The van der Waals surface area contributed by atoms with Crippen LogP contribution in [0.25, 0.3) is 0 Å². The van der Waals surface area contributed by atoms with Gasteiger partial charge >= 0.3 is 5.69 Å². The highest BCUT2D eigenvalue weighted by molar-refractivity contribution is 6.04. The third-order valence-electron chi connectivity index (χ3n) is 3.03. The summed E-state index contributed by atoms with van der Waals surface area (Å²) in [5.41, 5.74) is -0.00978. The number of H-pyrrole nitrogens is 1. The molecule has 0 saturated heterocycles. The zero-order valence-electron chi connectivity index (χ0n) is 11.9. The molecule has 0 bridgehead atoms. The summed E-state index contributed by atoms with van der Waals surface area (Å²) in [6.07, 6.45) is 1.10. The van der Waals surface area contributed by atoms with Crippen LogP contribution in [-0.2, 0) is 7.05 Å². The van der Waals surface area contributed by atoms with E-state index < -0.39 is 17.2 Å². The van der Waals surface area contributed by atoms with E-state index in [1.54, 1.807) is 12.1 Å². The van der Waals surface area contributed by atoms with Crippen LogP contribution in [0.1, 0.15) is 15.9 Å². The first kappa shape index (κ1) is 14.6. The first-order valence-corrected chi connectivity index (χ1v) is 6.18. The number of rotatable bonds is 3. The van der Waals surface area contributed by atoms with Crippen LogP contribution in [0, 0.1) is 6.92 Å². The smallest absolute Gasteiger partial charge is 0.328 e. The average molecular weight is 289 g/mol. The number of benzene rings is 1. The molecule has 0 aliphatic carbocycles. The van der Waals surface area contributed by atoms with E-state index in [1.165, 1.54) is 14.2 Å². The summed E-state index contributed by atoms with van der Waals surface area (Å²) in [6, 6.07) is 5.29. The molecule has 2 rings (SSSR count). The first-order valence-electron chi connectivity index (χ1n) is 6.18. The van der Waals surface area contributed by atoms with E-state index in [2.05, 4.69) is 10.3 Å². The van der Waals surface area contributed by atoms with E-state index in [-0.39, 0.29) is 5.56 Å². The lowest BCUT2D eigenvalue weighted by Gasteiger charge is -2.11. The fourth-order valence-electron chi connectivity index (χ4n) is 1.84. The molecule has 0 aliphatic heterocycles. The van der Waals surface area contributed by atoms with Gasteiger partial charge in [-0.25, -0.2) is 4.79 Å². The van der Waals surface area contributed by atoms with Crippen molar-refractivity contribution in [3.8, 4) is 5.75 Å². The summed E-state index contributed by atoms with van der Waals surface area (Å²) in [7, 11) is 2.78. The van der Waals surface area contributed by atoms with Crippen molar-refractivity contribution < 1.29 is 9.53 Å². The maximum atomic E-state index is 12.2. The van der Waals surface area contributed by atoms with Gasteiger partial charge in [0.15, 0.2) is 0 Å². The molecule has 0 unspecified atom stereocenters. The highest BCUT2D eigenvalue weighted by Crippen LogP contribution is 2.25. The zero-order valence-corrected chi connectivity index (χ0v) is 11.9. The number of nitrogens with one attached hydrogen (secondary N) is 2. The lowest BCUT2D eigenvalue weighted by molar-refractivity contribution is 0.102. The van der Waals surface area contributed by atoms with Crippen LogP contribution in [0.2, 0.25) is 0 Å². The number of aromatic amines is 1. The minimum atomic E-state index is -0.664. The van der Waals surface area contributed by atoms with Gasteiger partial charge in [0, 0.05) is 13.2 Å². The van der Waals surface area contributed by atoms with Crippen LogP contribution in [0.4, 0.5) is 5.69 Å². The minimum Gasteiger partial charge on any atom is -0.495 e. The van der Waals surface area contributed by atoms with Gasteiger partial charge in [-0.1, -0.05) is 6.07 Å². The number of anilines is 1. The van der Waals surface area contributed by atoms with Crippen LogP contribution in [0.15, 0.2) is 34.0 Å². The Morgan fingerprint density at radius 1 is 1.33 bits per heavy atom. The average Bonchev–Trinajstić information content (AvgIpc) is 2.45. The summed E-state index contributed by atoms with van der Waals surface area (Å²) in [5.74, 6) is -0.133. The number of nitrogens with zero attached hydrogens (tertiary/aromatic N) is 1. The number of amides is 1. The SMILES string of the molecule is COc1ccc(C)cc1NC(=O)c1c[nH]c(=O)n(C)c1=O. The van der Waals surface area contributed by atoms with Crippen LogP contribution < -0.4 is 21.3 Å². The van der Waals surface area contributed by atoms with E-state index in [0.717, 1.165) is 16.3 Å². The van der Waals surface area contributed by atoms with Crippen molar-refractivity contribution in [3.63, 3.8) is 0 Å². The topological polar surface area (TPSA) is 93.2 Å². The molecular weight excluding hydrogens is 274 g/mol. The highest BCUT2D eigenvalue weighted by atomic mass is 16.5. The summed E-state index contributed by atoms with van der Waals surface area (Å²) in [4.78, 5) is 37.7. The Morgan fingerprint density at radius 2 is 2.05 bits per heavy atom. The van der Waals surface area contributed by atoms with Gasteiger partial charge in [0.1, 0.15) is 11.3 Å². The molecule has 2 N–H and O–H groups in total. The van der Waals surface area contributed by atoms with Gasteiger partial charge in [0.25, 0.3) is 11.5 Å². The van der Waals surface area contributed by atoms with Gasteiger partial charge < -0.3 is 15.0 Å². The molecule has 0 aliphatic rings. The number of aromatic nitrogens is 2. The van der Waals surface area contributed by atoms with Crippen molar-refractivity contribution in [2.75, 3.05) is 12.4 Å². The maximum Gasteiger partial charge on any atom is 0.328 e. The molecule has 2 aromatic rings. The van der Waals surface area contributed by atoms with Crippen molar-refractivity contribution in [2.24, 2.45) is 7.05 Å². The fourth-order valence-corrected chi connectivity index (χ4v) is 1.84. The van der Waals surface area contributed by atoms with Gasteiger partial charge in [0.05, 0.1) is 12.8 Å². The van der Waals surface area contributed by atoms with Crippen LogP contribution in [0.5, 0.6) is 5.75 Å². The molecule has 110 valence electrons. The van der Waals surface area contributed by atoms with Gasteiger partial charge in [-0.3, -0.25) is 14.2 Å². The molecule has 0 radical (unpaired) electrons. The lowest BCUT2D eigenvalue weighted by Crippen LogP contribution is -2.37. The van der Waals surface area contributed by atoms with Crippen molar-refractivity contribution >= 4 is 11.6 Å². The summed E-state index contributed by atoms with van der Waals surface area (Å²) in [5, 5.41) is 2.61. The Hall–Kier alpha value is -2.83. The number of hydrogen-bond donors (Lipinski definition) is 2. The van der Waals surface area contributed by atoms with Crippen molar-refractivity contribution in [3.05, 3.63) is 56.4 Å². The number of ether oxygens (including phenoxy) is 1. The Bertz CT molecular complexity index is 805. The molecule has 0 fully saturated rings. The second-order valence-corrected chi connectivity index (χ2v) is 4.53. The molecule has 0 saturated carbocycles. The summed E-state index contributed by atoms with van der Waals surface area (Å²) >= 11 is 0. The summed E-state index contributed by atoms with van der Waals surface area (Å²) in [6.45, 7) is 1.87. The van der Waals surface area contributed by atoms with Crippen molar-refractivity contribution in [1.29, 1.82) is 0 Å². The predicted octanol–water partition coefficient (Wildman–Crippen LogP) is 0.643. The Balaban J connectivity index is 2.39. The van der Waals surface area contributed by atoms with Crippen LogP contribution in [0.3, 0.4) is 0 Å². The Kier molecular flexibility index (Phi) is 3.93. The number of aryl methyl sites for hydroxylation is 1. The monoisotopic (exact) mass is 289 g/mol. The van der Waals surface area contributed by atoms with Gasteiger partial charge in [-0.2, -0.15) is 0 Å². The molecule has 1 heterocycles. The number of carbonyl (C=O) groups is 1. The number of carbonyl (C=O) groups excluding carboxylic acids is 1. The highest BCUT2D eigenvalue weighted by Gasteiger charge is 2.15. The summed E-state index contributed by atoms with van der Waals surface area (Å²) < 4.78 is 5.99. The van der Waals surface area contributed by atoms with Crippen LogP contribution >= 0.6 is 0 Å². The lowest BCUT2D eigenvalue weighted by atomic mass is 10.2. The molecule has 0 atom stereocenters. The van der Waals surface area contributed by atoms with Crippen molar-refractivity contribution in [1.82, 2.24) is 9.55 Å². The molecule has 1 aromatic heterocycles. The van der Waals surface area contributed by atoms with E-state index >= 15 is 0 Å². The minimum absolute atomic E-state index is 0.152. The number of hydrogen-bond acceptors (Lipinski definition) is 4. The third kappa shape index (κ3) is 2.86. The van der Waals surface area contributed by atoms with E-state index in [1.807, 2.05) is 13.0 Å². The molecule has 21 heavy (non-hydrogen) atoms. The van der Waals surface area contributed by atoms with Gasteiger partial charge in [-0.15, -0.1) is 0 Å². The second kappa shape index (κ2) is 5.66. The second-order valence-electron chi connectivity index (χ2n) is 4.53. The first-order chi connectivity index (χ1) is 9.93. The zero-order chi connectivity index (χ0) is 15.6. The van der Waals surface area contributed by atoms with E-state index in [4.69, 9.17) is 4.74 Å². The Labute approximate surface area is 120 Å². The van der Waals surface area contributed by atoms with Gasteiger partial charge in [-0.05, 0) is 24.6 Å². The van der Waals surface area contributed by atoms with Gasteiger partial charge in [0.2, 0.25) is 0 Å². The van der Waals surface area contributed by atoms with Crippen molar-refractivity contribution in [2.45, 2.75) is 6.92 Å². The van der Waals surface area contributed by atoms with E-state index in [0.29, 0.717) is 11.4 Å². The Morgan fingerprint density at radius 3 is 2.71 bits per heavy atom. The maximum absolute atomic E-state index is 12.2. The fraction of sp³-hybridized carbons (Fsp3) is 0.214. The molecule has 7 heteroatoms. The predicted molar refractivity (Wildman–Crippen MR) is 78.0 cm³/mol. The molecule has 7 nitrogen and oxygen atoms in total. The molecule has 1 amide bonds. The standard InChI is InChI=1S/C14H15N3O4/c1-8-4-5-11(21-3)10(6-8)16-12(18)9-7-15-14(20)17(2)13(9)19/h4-7H,1-3H3,(H,15,20)(H,16,18). The van der Waals surface area contributed by atoms with E-state index in [9.17, 15) is 14.4 Å².